The Kier molecular flexibility index (Phi) is 8.92. The molecular formula is C24H36IN8O2P. The molecule has 36 heavy (non-hydrogen) atoms. The van der Waals surface area contributed by atoms with Crippen molar-refractivity contribution in [2.75, 3.05) is 18.1 Å². The average Bonchev–Trinajstić information content (AvgIpc) is 3.12. The molecule has 2 aromatic rings. The smallest absolute Gasteiger partial charge is 0.205 e. The lowest BCUT2D eigenvalue weighted by Crippen LogP contribution is -2.58. The first-order valence-electron chi connectivity index (χ1n) is 11.5. The van der Waals surface area contributed by atoms with Crippen molar-refractivity contribution in [1.29, 1.82) is 0 Å². The Hall–Kier alpha value is -2.34. The highest BCUT2D eigenvalue weighted by Gasteiger charge is 2.39. The molecule has 0 bridgehead atoms. The topological polar surface area (TPSA) is 162 Å². The van der Waals surface area contributed by atoms with E-state index < -0.39 is 0 Å². The van der Waals surface area contributed by atoms with Crippen LogP contribution in [0.15, 0.2) is 29.2 Å². The molecule has 0 aliphatic carbocycles. The number of rotatable bonds is 8. The first-order chi connectivity index (χ1) is 16.9. The van der Waals surface area contributed by atoms with Crippen molar-refractivity contribution < 1.29 is 10.1 Å². The number of nitrogens with two attached hydrogens (primary N) is 3. The summed E-state index contributed by atoms with van der Waals surface area (Å²) >= 11 is 2.17. The number of hydrogen-bond donors (Lipinski definition) is 6. The highest BCUT2D eigenvalue weighted by molar-refractivity contribution is 14.2. The molecule has 1 atom stereocenters. The van der Waals surface area contributed by atoms with Crippen LogP contribution in [-0.2, 0) is 0 Å². The van der Waals surface area contributed by atoms with Gasteiger partial charge in [-0.2, -0.15) is 0 Å². The quantitative estimate of drug-likeness (QED) is 0.0814. The molecule has 1 fully saturated rings. The molecule has 196 valence electrons. The molecule has 12 heteroatoms. The predicted molar refractivity (Wildman–Crippen MR) is 160 cm³/mol. The van der Waals surface area contributed by atoms with Crippen LogP contribution < -0.4 is 32.7 Å². The van der Waals surface area contributed by atoms with Gasteiger partial charge in [0.15, 0.2) is 5.75 Å². The maximum atomic E-state index is 9.57. The number of anilines is 2. The Bertz CT molecular complexity index is 1170. The van der Waals surface area contributed by atoms with Gasteiger partial charge < -0.3 is 32.7 Å². The Morgan fingerprint density at radius 1 is 1.33 bits per heavy atom. The van der Waals surface area contributed by atoms with E-state index in [0.717, 1.165) is 18.4 Å². The van der Waals surface area contributed by atoms with Crippen LogP contribution in [0.1, 0.15) is 63.4 Å². The minimum absolute atomic E-state index is 0.0586. The molecule has 1 aliphatic rings. The summed E-state index contributed by atoms with van der Waals surface area (Å²) < 4.78 is 6.30. The van der Waals surface area contributed by atoms with Crippen molar-refractivity contribution in [2.24, 2.45) is 16.2 Å². The number of nitrogens with zero attached hydrogens (tertiary/aromatic N) is 3. The number of benzene rings is 1. The van der Waals surface area contributed by atoms with Gasteiger partial charge in [-0.1, -0.05) is 6.07 Å². The molecule has 0 radical (unpaired) electrons. The molecule has 1 saturated heterocycles. The summed E-state index contributed by atoms with van der Waals surface area (Å²) in [6.07, 6.45) is 6.98. The lowest BCUT2D eigenvalue weighted by molar-refractivity contribution is -0.137. The third-order valence-electron chi connectivity index (χ3n) is 6.18. The van der Waals surface area contributed by atoms with Gasteiger partial charge in [0.05, 0.1) is 6.37 Å². The van der Waals surface area contributed by atoms with E-state index in [1.54, 1.807) is 24.4 Å². The number of aromatic nitrogens is 2. The van der Waals surface area contributed by atoms with Crippen LogP contribution in [0.2, 0.25) is 0 Å². The molecule has 1 aromatic heterocycles. The van der Waals surface area contributed by atoms with Crippen LogP contribution >= 0.6 is 28.4 Å². The fraction of sp³-hybridized carbons (Fsp3) is 0.417. The van der Waals surface area contributed by atoms with Crippen LogP contribution in [0.5, 0.6) is 5.75 Å². The minimum Gasteiger partial charge on any atom is -0.404 e. The second-order valence-electron chi connectivity index (χ2n) is 10.1. The number of nitrogen functional groups attached to an aromatic ring is 1. The van der Waals surface area contributed by atoms with E-state index >= 15 is 0 Å². The summed E-state index contributed by atoms with van der Waals surface area (Å²) in [6, 6.07) is 5.38. The van der Waals surface area contributed by atoms with Crippen molar-refractivity contribution >= 4 is 63.7 Å². The van der Waals surface area contributed by atoms with Crippen molar-refractivity contribution in [2.45, 2.75) is 57.7 Å². The minimum atomic E-state index is -0.0586. The van der Waals surface area contributed by atoms with E-state index in [0.29, 0.717) is 40.7 Å². The van der Waals surface area contributed by atoms with Gasteiger partial charge in [0.1, 0.15) is 11.5 Å². The summed E-state index contributed by atoms with van der Waals surface area (Å²) in [4.78, 5) is 9.37. The van der Waals surface area contributed by atoms with E-state index in [4.69, 9.17) is 22.2 Å². The Morgan fingerprint density at radius 2 is 2.00 bits per heavy atom. The van der Waals surface area contributed by atoms with Gasteiger partial charge in [-0.25, -0.2) is 10.2 Å². The number of hydrogen-bond acceptors (Lipinski definition) is 9. The number of halogens is 1. The molecule has 1 aliphatic heterocycles. The third-order valence-corrected chi connectivity index (χ3v) is 7.24. The van der Waals surface area contributed by atoms with Gasteiger partial charge in [0.2, 0.25) is 5.95 Å². The number of nitrogens with one attached hydrogen (secondary N) is 2. The zero-order chi connectivity index (χ0) is 26.7. The SMILES string of the molecule is CNc1nc(/C=C(\N)c2ccc(C(=C/N)/C=N/PI)cc2OO)c(N)n1C1CC(C)(C)NC(C)(C)C1. The van der Waals surface area contributed by atoms with Crippen LogP contribution in [0.4, 0.5) is 11.8 Å². The number of allylic oxidation sites excluding steroid dienone is 1. The van der Waals surface area contributed by atoms with Crippen molar-refractivity contribution in [3.8, 4) is 5.75 Å². The normalized spacial score (nSPS) is 18.9. The van der Waals surface area contributed by atoms with Crippen LogP contribution in [0, 0.1) is 0 Å². The Labute approximate surface area is 227 Å². The fourth-order valence-electron chi connectivity index (χ4n) is 5.11. The van der Waals surface area contributed by atoms with E-state index in [1.807, 2.05) is 13.1 Å². The Balaban J connectivity index is 2.00. The van der Waals surface area contributed by atoms with Crippen LogP contribution in [0.25, 0.3) is 17.3 Å². The summed E-state index contributed by atoms with van der Waals surface area (Å²) in [5, 5.41) is 16.4. The summed E-state index contributed by atoms with van der Waals surface area (Å²) in [7, 11) is 1.83. The molecule has 3 rings (SSSR count). The maximum absolute atomic E-state index is 9.57. The second kappa shape index (κ2) is 11.4. The lowest BCUT2D eigenvalue weighted by Gasteiger charge is -2.47. The van der Waals surface area contributed by atoms with Crippen LogP contribution in [0.3, 0.4) is 0 Å². The van der Waals surface area contributed by atoms with E-state index in [-0.39, 0.29) is 22.9 Å². The molecule has 1 aromatic carbocycles. The predicted octanol–water partition coefficient (Wildman–Crippen LogP) is 4.61. The fourth-order valence-corrected chi connectivity index (χ4v) is 5.72. The third kappa shape index (κ3) is 6.31. The molecule has 0 amide bonds. The average molecular weight is 626 g/mol. The summed E-state index contributed by atoms with van der Waals surface area (Å²) in [5.41, 5.74) is 21.5. The zero-order valence-corrected chi connectivity index (χ0v) is 24.4. The first-order valence-corrected chi connectivity index (χ1v) is 15.6. The van der Waals surface area contributed by atoms with Crippen LogP contribution in [-0.4, -0.2) is 39.1 Å². The van der Waals surface area contributed by atoms with Gasteiger partial charge in [-0.05, 0) is 86.3 Å². The maximum Gasteiger partial charge on any atom is 0.205 e. The van der Waals surface area contributed by atoms with E-state index in [1.165, 1.54) is 6.20 Å². The highest BCUT2D eigenvalue weighted by Crippen LogP contribution is 2.40. The van der Waals surface area contributed by atoms with Gasteiger partial charge >= 0.3 is 0 Å². The largest absolute Gasteiger partial charge is 0.404 e. The molecular weight excluding hydrogens is 590 g/mol. The van der Waals surface area contributed by atoms with Gasteiger partial charge in [-0.15, -0.1) is 0 Å². The van der Waals surface area contributed by atoms with Crippen molar-refractivity contribution in [3.63, 3.8) is 0 Å². The summed E-state index contributed by atoms with van der Waals surface area (Å²) in [6.45, 7) is 8.80. The standard InChI is InChI=1S/C24H36IN8O2P/c1-23(2)10-16(11-24(3,4)32-23)33-21(28)19(31-22(33)29-5)9-18(27)17-7-6-14(8-20(17)35-34)15(12-26)13-30-36-25/h6-9,12-13,16,32,34,36H,10-11,26-28H2,1-5H3,(H,29,31)/b15-12+,18-9-,30-13+. The molecule has 2 heterocycles. The molecule has 1 unspecified atom stereocenters. The van der Waals surface area contributed by atoms with Crippen molar-refractivity contribution in [3.05, 3.63) is 41.2 Å². The monoisotopic (exact) mass is 626 g/mol. The van der Waals surface area contributed by atoms with Crippen molar-refractivity contribution in [1.82, 2.24) is 14.9 Å². The first kappa shape index (κ1) is 28.2. The Morgan fingerprint density at radius 3 is 2.56 bits per heavy atom. The number of piperidine rings is 1. The second-order valence-corrected chi connectivity index (χ2v) is 12.0. The number of imidazole rings is 1. The molecule has 10 nitrogen and oxygen atoms in total. The molecule has 0 spiro atoms. The highest BCUT2D eigenvalue weighted by atomic mass is 127. The van der Waals surface area contributed by atoms with Gasteiger partial charge in [-0.3, -0.25) is 9.33 Å². The zero-order valence-electron chi connectivity index (χ0n) is 21.3. The molecule has 0 saturated carbocycles. The lowest BCUT2D eigenvalue weighted by atomic mass is 9.79. The summed E-state index contributed by atoms with van der Waals surface area (Å²) in [5.74, 6) is 1.37. The molecule has 9 N–H and O–H groups in total. The van der Waals surface area contributed by atoms with Gasteiger partial charge in [0, 0.05) is 53.4 Å². The van der Waals surface area contributed by atoms with E-state index in [2.05, 4.69) is 74.6 Å². The van der Waals surface area contributed by atoms with Gasteiger partial charge in [0.25, 0.3) is 0 Å². The van der Waals surface area contributed by atoms with E-state index in [9.17, 15) is 5.26 Å².